The van der Waals surface area contributed by atoms with Crippen molar-refractivity contribution in [3.63, 3.8) is 0 Å². The number of fused-ring (bicyclic) bond motifs is 1. The Morgan fingerprint density at radius 2 is 2.00 bits per heavy atom. The van der Waals surface area contributed by atoms with Gasteiger partial charge in [0, 0.05) is 23.8 Å². The van der Waals surface area contributed by atoms with Gasteiger partial charge in [-0.2, -0.15) is 0 Å². The molecule has 10 heteroatoms. The van der Waals surface area contributed by atoms with E-state index in [4.69, 9.17) is 9.15 Å². The van der Waals surface area contributed by atoms with Crippen molar-refractivity contribution in [1.82, 2.24) is 4.57 Å². The normalized spacial score (nSPS) is 15.1. The Morgan fingerprint density at radius 3 is 2.74 bits per heavy atom. The van der Waals surface area contributed by atoms with Crippen molar-refractivity contribution < 1.29 is 18.9 Å². The molecule has 1 atom stereocenters. The van der Waals surface area contributed by atoms with Gasteiger partial charge in [-0.3, -0.25) is 19.5 Å². The van der Waals surface area contributed by atoms with Gasteiger partial charge in [-0.05, 0) is 24.6 Å². The van der Waals surface area contributed by atoms with Crippen LogP contribution in [0.25, 0.3) is 17.4 Å². The first-order chi connectivity index (χ1) is 18.4. The number of aromatic nitrogens is 1. The number of non-ortho nitro benzene ring substituents is 1. The van der Waals surface area contributed by atoms with Gasteiger partial charge in [0.1, 0.15) is 18.1 Å². The maximum atomic E-state index is 13.7. The molecule has 0 amide bonds. The predicted molar refractivity (Wildman–Crippen MR) is 142 cm³/mol. The number of ether oxygens (including phenoxy) is 1. The predicted octanol–water partition coefficient (Wildman–Crippen LogP) is 4.13. The van der Waals surface area contributed by atoms with Crippen molar-refractivity contribution in [1.29, 1.82) is 0 Å². The Kier molecular flexibility index (Phi) is 6.71. The van der Waals surface area contributed by atoms with E-state index in [2.05, 4.69) is 11.6 Å². The highest BCUT2D eigenvalue weighted by Crippen LogP contribution is 2.30. The molecule has 3 heterocycles. The Labute approximate surface area is 220 Å². The summed E-state index contributed by atoms with van der Waals surface area (Å²) in [5, 5.41) is 11.1. The van der Waals surface area contributed by atoms with Gasteiger partial charge >= 0.3 is 5.97 Å². The fourth-order valence-electron chi connectivity index (χ4n) is 4.23. The van der Waals surface area contributed by atoms with Crippen LogP contribution in [-0.2, 0) is 9.53 Å². The third-order valence-corrected chi connectivity index (χ3v) is 6.91. The largest absolute Gasteiger partial charge is 0.458 e. The van der Waals surface area contributed by atoms with E-state index in [0.717, 1.165) is 5.56 Å². The number of nitro groups is 1. The third kappa shape index (κ3) is 4.64. The van der Waals surface area contributed by atoms with E-state index in [1.807, 2.05) is 30.3 Å². The van der Waals surface area contributed by atoms with E-state index in [-0.39, 0.29) is 23.4 Å². The van der Waals surface area contributed by atoms with Gasteiger partial charge < -0.3 is 9.15 Å². The van der Waals surface area contributed by atoms with Gasteiger partial charge in [-0.15, -0.1) is 0 Å². The van der Waals surface area contributed by atoms with Crippen LogP contribution in [-0.4, -0.2) is 22.1 Å². The van der Waals surface area contributed by atoms with Gasteiger partial charge in [0.25, 0.3) is 11.2 Å². The molecular formula is C28H21N3O6S. The number of carbonyl (C=O) groups is 1. The molecule has 1 aliphatic rings. The first-order valence-electron chi connectivity index (χ1n) is 11.6. The van der Waals surface area contributed by atoms with Crippen LogP contribution in [0.3, 0.4) is 0 Å². The molecule has 4 aromatic rings. The summed E-state index contributed by atoms with van der Waals surface area (Å²) in [5.74, 6) is 0.259. The summed E-state index contributed by atoms with van der Waals surface area (Å²) in [6.45, 7) is 5.34. The first-order valence-corrected chi connectivity index (χ1v) is 12.4. The standard InChI is InChI=1S/C28H21N3O6S/c1-3-14-36-27(33)24-17(2)29-28-30(25(24)18-8-5-4-6-9-18)26(32)23(38-28)16-21-12-13-22(37-21)19-10-7-11-20(15-19)31(34)35/h3-13,15-16,25H,1,14H2,2H3. The smallest absolute Gasteiger partial charge is 0.338 e. The number of nitro benzene ring substituents is 1. The molecule has 2 aromatic heterocycles. The number of rotatable bonds is 7. The van der Waals surface area contributed by atoms with Crippen molar-refractivity contribution in [2.45, 2.75) is 13.0 Å². The number of carbonyl (C=O) groups excluding carboxylic acids is 1. The lowest BCUT2D eigenvalue weighted by molar-refractivity contribution is -0.384. The molecule has 190 valence electrons. The van der Waals surface area contributed by atoms with Crippen molar-refractivity contribution in [3.8, 4) is 11.3 Å². The summed E-state index contributed by atoms with van der Waals surface area (Å²) >= 11 is 1.18. The fourth-order valence-corrected chi connectivity index (χ4v) is 5.26. The van der Waals surface area contributed by atoms with Crippen LogP contribution in [0.4, 0.5) is 5.69 Å². The molecule has 0 N–H and O–H groups in total. The maximum Gasteiger partial charge on any atom is 0.338 e. The Hall–Kier alpha value is -4.83. The highest BCUT2D eigenvalue weighted by Gasteiger charge is 2.33. The second-order valence-corrected chi connectivity index (χ2v) is 9.40. The lowest BCUT2D eigenvalue weighted by Gasteiger charge is -2.24. The monoisotopic (exact) mass is 527 g/mol. The molecule has 1 aliphatic heterocycles. The highest BCUT2D eigenvalue weighted by molar-refractivity contribution is 7.07. The van der Waals surface area contributed by atoms with E-state index in [1.165, 1.54) is 34.1 Å². The zero-order valence-electron chi connectivity index (χ0n) is 20.2. The molecule has 0 spiro atoms. The number of allylic oxidation sites excluding steroid dienone is 1. The number of nitrogens with zero attached hydrogens (tertiary/aromatic N) is 3. The molecule has 2 aromatic carbocycles. The quantitative estimate of drug-likeness (QED) is 0.154. The van der Waals surface area contributed by atoms with Gasteiger partial charge in [0.15, 0.2) is 4.80 Å². The van der Waals surface area contributed by atoms with E-state index in [1.54, 1.807) is 37.3 Å². The van der Waals surface area contributed by atoms with Crippen LogP contribution in [0.1, 0.15) is 24.3 Å². The average Bonchev–Trinajstić information content (AvgIpc) is 3.51. The number of hydrogen-bond donors (Lipinski definition) is 0. The number of esters is 1. The topological polar surface area (TPSA) is 117 Å². The van der Waals surface area contributed by atoms with Gasteiger partial charge in [-0.25, -0.2) is 9.79 Å². The molecule has 0 aliphatic carbocycles. The van der Waals surface area contributed by atoms with Crippen LogP contribution >= 0.6 is 11.3 Å². The Bertz CT molecular complexity index is 1780. The number of furan rings is 1. The summed E-state index contributed by atoms with van der Waals surface area (Å²) in [4.78, 5) is 42.3. The first kappa shape index (κ1) is 24.8. The van der Waals surface area contributed by atoms with E-state index in [9.17, 15) is 19.7 Å². The van der Waals surface area contributed by atoms with Gasteiger partial charge in [-0.1, -0.05) is 66.5 Å². The number of thiazole rings is 1. The summed E-state index contributed by atoms with van der Waals surface area (Å²) in [7, 11) is 0. The number of benzene rings is 2. The molecule has 1 unspecified atom stereocenters. The molecule has 38 heavy (non-hydrogen) atoms. The fraction of sp³-hybridized carbons (Fsp3) is 0.107. The molecule has 0 bridgehead atoms. The van der Waals surface area contributed by atoms with Crippen molar-refractivity contribution in [2.24, 2.45) is 4.99 Å². The molecule has 9 nitrogen and oxygen atoms in total. The minimum atomic E-state index is -0.719. The minimum Gasteiger partial charge on any atom is -0.458 e. The zero-order valence-corrected chi connectivity index (χ0v) is 21.0. The van der Waals surface area contributed by atoms with Gasteiger partial charge in [0.05, 0.1) is 26.8 Å². The lowest BCUT2D eigenvalue weighted by Crippen LogP contribution is -2.39. The maximum absolute atomic E-state index is 13.7. The van der Waals surface area contributed by atoms with Crippen LogP contribution in [0, 0.1) is 10.1 Å². The lowest BCUT2D eigenvalue weighted by atomic mass is 9.96. The Balaban J connectivity index is 1.60. The van der Waals surface area contributed by atoms with Gasteiger partial charge in [0.2, 0.25) is 0 Å². The van der Waals surface area contributed by atoms with Crippen LogP contribution in [0.5, 0.6) is 0 Å². The SMILES string of the molecule is C=CCOC(=O)C1=C(C)N=c2sc(=Cc3ccc(-c4cccc([N+](=O)[O-])c4)o3)c(=O)n2C1c1ccccc1. The summed E-state index contributed by atoms with van der Waals surface area (Å²) in [6.07, 6.45) is 3.08. The summed E-state index contributed by atoms with van der Waals surface area (Å²) < 4.78 is 13.1. The second kappa shape index (κ2) is 10.3. The number of hydrogen-bond acceptors (Lipinski definition) is 8. The highest BCUT2D eigenvalue weighted by atomic mass is 32.1. The van der Waals surface area contributed by atoms with Crippen LogP contribution in [0.15, 0.2) is 105 Å². The third-order valence-electron chi connectivity index (χ3n) is 5.93. The van der Waals surface area contributed by atoms with E-state index >= 15 is 0 Å². The van der Waals surface area contributed by atoms with E-state index in [0.29, 0.717) is 32.1 Å². The average molecular weight is 528 g/mol. The van der Waals surface area contributed by atoms with Crippen molar-refractivity contribution >= 4 is 29.1 Å². The molecule has 0 saturated carbocycles. The van der Waals surface area contributed by atoms with Crippen LogP contribution in [0.2, 0.25) is 0 Å². The minimum absolute atomic E-state index is 0.0347. The van der Waals surface area contributed by atoms with Crippen molar-refractivity contribution in [3.05, 3.63) is 132 Å². The molecule has 0 saturated heterocycles. The zero-order chi connectivity index (χ0) is 26.8. The molecule has 5 rings (SSSR count). The Morgan fingerprint density at radius 1 is 1.21 bits per heavy atom. The molecule has 0 fully saturated rings. The molecular weight excluding hydrogens is 506 g/mol. The molecule has 0 radical (unpaired) electrons. The van der Waals surface area contributed by atoms with Crippen molar-refractivity contribution in [2.75, 3.05) is 6.61 Å². The van der Waals surface area contributed by atoms with E-state index < -0.39 is 16.9 Å². The summed E-state index contributed by atoms with van der Waals surface area (Å²) in [5.41, 5.74) is 1.65. The second-order valence-electron chi connectivity index (χ2n) is 8.39. The van der Waals surface area contributed by atoms with Crippen LogP contribution < -0.4 is 14.9 Å². The summed E-state index contributed by atoms with van der Waals surface area (Å²) in [6, 6.07) is 18.0.